The maximum Gasteiger partial charge on any atom is 0.313 e. The summed E-state index contributed by atoms with van der Waals surface area (Å²) >= 11 is 0. The Morgan fingerprint density at radius 3 is 2.76 bits per heavy atom. The average molecular weight is 349 g/mol. The number of aliphatic carboxylic acids is 1. The van der Waals surface area contributed by atoms with Gasteiger partial charge in [0.1, 0.15) is 11.2 Å². The van der Waals surface area contributed by atoms with Crippen molar-refractivity contribution in [3.8, 4) is 5.75 Å². The molecular formula is C19H27NO5. The lowest BCUT2D eigenvalue weighted by Gasteiger charge is -2.39. The Hall–Kier alpha value is -2.08. The highest BCUT2D eigenvalue weighted by Crippen LogP contribution is 2.32. The highest BCUT2D eigenvalue weighted by atomic mass is 16.5. The molecule has 0 radical (unpaired) electrons. The van der Waals surface area contributed by atoms with Crippen LogP contribution in [0.15, 0.2) is 24.3 Å². The molecule has 1 N–H and O–H groups in total. The summed E-state index contributed by atoms with van der Waals surface area (Å²) < 4.78 is 10.8. The third-order valence-electron chi connectivity index (χ3n) is 4.40. The van der Waals surface area contributed by atoms with Crippen molar-refractivity contribution < 1.29 is 24.2 Å². The first-order valence-electron chi connectivity index (χ1n) is 8.62. The van der Waals surface area contributed by atoms with Crippen molar-refractivity contribution in [2.75, 3.05) is 33.4 Å². The summed E-state index contributed by atoms with van der Waals surface area (Å²) in [7, 11) is 1.49. The molecule has 1 fully saturated rings. The quantitative estimate of drug-likeness (QED) is 0.819. The summed E-state index contributed by atoms with van der Waals surface area (Å²) in [5.74, 6) is -0.0399. The lowest BCUT2D eigenvalue weighted by atomic mass is 9.80. The molecule has 6 nitrogen and oxygen atoms in total. The number of carboxylic acid groups (broad SMARTS) is 1. The fraction of sp³-hybridized carbons (Fsp3) is 0.579. The van der Waals surface area contributed by atoms with E-state index in [1.54, 1.807) is 23.1 Å². The van der Waals surface area contributed by atoms with E-state index in [-0.39, 0.29) is 19.1 Å². The van der Waals surface area contributed by atoms with E-state index in [9.17, 15) is 14.7 Å². The van der Waals surface area contributed by atoms with Gasteiger partial charge in [0.15, 0.2) is 0 Å². The first-order valence-corrected chi connectivity index (χ1v) is 8.62. The molecule has 25 heavy (non-hydrogen) atoms. The van der Waals surface area contributed by atoms with E-state index < -0.39 is 11.4 Å². The van der Waals surface area contributed by atoms with Gasteiger partial charge in [0.25, 0.3) is 5.91 Å². The molecule has 1 unspecified atom stereocenters. The van der Waals surface area contributed by atoms with E-state index in [1.165, 1.54) is 7.11 Å². The van der Waals surface area contributed by atoms with Crippen molar-refractivity contribution in [2.24, 2.45) is 11.3 Å². The fourth-order valence-electron chi connectivity index (χ4n) is 3.10. The summed E-state index contributed by atoms with van der Waals surface area (Å²) in [6.45, 7) is 5.51. The molecule has 1 aromatic carbocycles. The molecule has 0 spiro atoms. The maximum atomic E-state index is 12.8. The van der Waals surface area contributed by atoms with Crippen molar-refractivity contribution in [1.29, 1.82) is 0 Å². The summed E-state index contributed by atoms with van der Waals surface area (Å²) in [5.41, 5.74) is -0.520. The molecule has 0 aromatic heterocycles. The number of piperidine rings is 1. The molecule has 0 bridgehead atoms. The molecule has 2 rings (SSSR count). The van der Waals surface area contributed by atoms with Gasteiger partial charge in [0.05, 0.1) is 13.2 Å². The van der Waals surface area contributed by atoms with Crippen LogP contribution in [0.25, 0.3) is 0 Å². The molecule has 1 aromatic rings. The molecule has 1 saturated heterocycles. The number of amides is 1. The van der Waals surface area contributed by atoms with E-state index >= 15 is 0 Å². The van der Waals surface area contributed by atoms with Crippen LogP contribution < -0.4 is 4.74 Å². The van der Waals surface area contributed by atoms with Gasteiger partial charge in [-0.25, -0.2) is 0 Å². The van der Waals surface area contributed by atoms with Gasteiger partial charge in [-0.2, -0.15) is 0 Å². The van der Waals surface area contributed by atoms with Gasteiger partial charge >= 0.3 is 5.97 Å². The molecule has 1 heterocycles. The van der Waals surface area contributed by atoms with Gasteiger partial charge in [-0.15, -0.1) is 0 Å². The minimum atomic E-state index is -1.03. The van der Waals surface area contributed by atoms with Gasteiger partial charge in [-0.05, 0) is 37.0 Å². The van der Waals surface area contributed by atoms with Gasteiger partial charge in [0.2, 0.25) is 0 Å². The molecular weight excluding hydrogens is 322 g/mol. The zero-order chi connectivity index (χ0) is 18.4. The molecule has 0 aliphatic carbocycles. The maximum absolute atomic E-state index is 12.8. The highest BCUT2D eigenvalue weighted by molar-refractivity contribution is 5.95. The average Bonchev–Trinajstić information content (AvgIpc) is 2.60. The molecule has 0 saturated carbocycles. The van der Waals surface area contributed by atoms with Crippen LogP contribution in [0.1, 0.15) is 37.0 Å². The van der Waals surface area contributed by atoms with E-state index in [4.69, 9.17) is 9.47 Å². The molecule has 138 valence electrons. The first-order chi connectivity index (χ1) is 11.9. The van der Waals surface area contributed by atoms with Gasteiger partial charge in [-0.3, -0.25) is 9.59 Å². The second kappa shape index (κ2) is 8.34. The standard InChI is InChI=1S/C19H27NO5/c1-14(2)11-25-16-7-4-6-15(10-16)17(21)20-9-5-8-19(12-20,13-24-3)18(22)23/h4,6-7,10,14H,5,8-9,11-13H2,1-3H3,(H,22,23). The molecule has 1 amide bonds. The largest absolute Gasteiger partial charge is 0.493 e. The topological polar surface area (TPSA) is 76.1 Å². The minimum Gasteiger partial charge on any atom is -0.493 e. The Morgan fingerprint density at radius 1 is 1.36 bits per heavy atom. The van der Waals surface area contributed by atoms with Crippen LogP contribution >= 0.6 is 0 Å². The Bertz CT molecular complexity index is 612. The number of benzene rings is 1. The van der Waals surface area contributed by atoms with E-state index in [1.807, 2.05) is 6.07 Å². The van der Waals surface area contributed by atoms with Crippen molar-refractivity contribution in [1.82, 2.24) is 4.90 Å². The van der Waals surface area contributed by atoms with Gasteiger partial charge < -0.3 is 19.5 Å². The summed E-state index contributed by atoms with van der Waals surface area (Å²) in [5, 5.41) is 9.62. The number of carbonyl (C=O) groups excluding carboxylic acids is 1. The van der Waals surface area contributed by atoms with E-state index in [0.29, 0.717) is 43.2 Å². The van der Waals surface area contributed by atoms with Crippen LogP contribution in [-0.4, -0.2) is 55.3 Å². The van der Waals surface area contributed by atoms with E-state index in [2.05, 4.69) is 13.8 Å². The van der Waals surface area contributed by atoms with Gasteiger partial charge in [-0.1, -0.05) is 19.9 Å². The van der Waals surface area contributed by atoms with Crippen molar-refractivity contribution >= 4 is 11.9 Å². The zero-order valence-corrected chi connectivity index (χ0v) is 15.2. The molecule has 6 heteroatoms. The van der Waals surface area contributed by atoms with Crippen LogP contribution in [0, 0.1) is 11.3 Å². The van der Waals surface area contributed by atoms with E-state index in [0.717, 1.165) is 0 Å². The molecule has 1 aliphatic heterocycles. The fourth-order valence-corrected chi connectivity index (χ4v) is 3.10. The number of nitrogens with zero attached hydrogens (tertiary/aromatic N) is 1. The number of carboxylic acids is 1. The number of carbonyl (C=O) groups is 2. The molecule has 1 aliphatic rings. The number of hydrogen-bond acceptors (Lipinski definition) is 4. The highest BCUT2D eigenvalue weighted by Gasteiger charge is 2.44. The minimum absolute atomic E-state index is 0.101. The molecule has 1 atom stereocenters. The second-order valence-corrected chi connectivity index (χ2v) is 7.08. The normalized spacial score (nSPS) is 20.6. The number of rotatable bonds is 7. The Labute approximate surface area is 148 Å². The predicted octanol–water partition coefficient (Wildman–Crippen LogP) is 2.67. The number of likely N-dealkylation sites (tertiary alicyclic amines) is 1. The number of methoxy groups -OCH3 is 1. The predicted molar refractivity (Wildman–Crippen MR) is 93.9 cm³/mol. The summed E-state index contributed by atoms with van der Waals surface area (Å²) in [6, 6.07) is 7.06. The SMILES string of the molecule is COCC1(C(=O)O)CCCN(C(=O)c2cccc(OCC(C)C)c2)C1. The van der Waals surface area contributed by atoms with Crippen molar-refractivity contribution in [3.63, 3.8) is 0 Å². The first kappa shape index (κ1) is 19.2. The Morgan fingerprint density at radius 2 is 2.12 bits per heavy atom. The third kappa shape index (κ3) is 4.72. The monoisotopic (exact) mass is 349 g/mol. The van der Waals surface area contributed by atoms with Crippen molar-refractivity contribution in [2.45, 2.75) is 26.7 Å². The third-order valence-corrected chi connectivity index (χ3v) is 4.40. The lowest BCUT2D eigenvalue weighted by Crippen LogP contribution is -2.52. The smallest absolute Gasteiger partial charge is 0.313 e. The van der Waals surface area contributed by atoms with Crippen molar-refractivity contribution in [3.05, 3.63) is 29.8 Å². The summed E-state index contributed by atoms with van der Waals surface area (Å²) in [4.78, 5) is 26.2. The Balaban J connectivity index is 2.14. The van der Waals surface area contributed by atoms with Crippen LogP contribution in [0.2, 0.25) is 0 Å². The zero-order valence-electron chi connectivity index (χ0n) is 15.2. The van der Waals surface area contributed by atoms with Crippen LogP contribution in [0.3, 0.4) is 0 Å². The van der Waals surface area contributed by atoms with Gasteiger partial charge in [0, 0.05) is 25.8 Å². The second-order valence-electron chi connectivity index (χ2n) is 7.08. The number of ether oxygens (including phenoxy) is 2. The van der Waals surface area contributed by atoms with Crippen LogP contribution in [-0.2, 0) is 9.53 Å². The summed E-state index contributed by atoms with van der Waals surface area (Å²) in [6.07, 6.45) is 1.16. The van der Waals surface area contributed by atoms with Crippen LogP contribution in [0.5, 0.6) is 5.75 Å². The lowest BCUT2D eigenvalue weighted by molar-refractivity contribution is -0.155. The Kier molecular flexibility index (Phi) is 6.42. The number of hydrogen-bond donors (Lipinski definition) is 1. The van der Waals surface area contributed by atoms with Crippen LogP contribution in [0.4, 0.5) is 0 Å².